The molecule has 0 heterocycles. The smallest absolute Gasteiger partial charge is 0.309 e. The van der Waals surface area contributed by atoms with Crippen molar-refractivity contribution in [1.29, 1.82) is 0 Å². The van der Waals surface area contributed by atoms with Gasteiger partial charge in [-0.05, 0) is 104 Å². The molecule has 4 aliphatic rings. The molecule has 0 spiro atoms. The molecular formula is C39H52N6O8S. The van der Waals surface area contributed by atoms with E-state index >= 15 is 0 Å². The summed E-state index contributed by atoms with van der Waals surface area (Å²) in [5, 5.41) is 33.1. The van der Waals surface area contributed by atoms with E-state index in [9.17, 15) is 39.0 Å². The van der Waals surface area contributed by atoms with Crippen molar-refractivity contribution in [2.45, 2.75) is 75.9 Å². The van der Waals surface area contributed by atoms with E-state index in [1.165, 1.54) is 23.9 Å². The van der Waals surface area contributed by atoms with Gasteiger partial charge in [0.25, 0.3) is 0 Å². The number of hydrogen-bond donors (Lipinski definition) is 8. The molecule has 0 aromatic heterocycles. The van der Waals surface area contributed by atoms with Gasteiger partial charge in [0.1, 0.15) is 17.8 Å². The molecule has 7 atom stereocenters. The molecule has 4 bridgehead atoms. The van der Waals surface area contributed by atoms with E-state index < -0.39 is 66.2 Å². The zero-order chi connectivity index (χ0) is 38.9. The molecule has 9 N–H and O–H groups in total. The number of amides is 5. The van der Waals surface area contributed by atoms with Crippen LogP contribution in [0.2, 0.25) is 0 Å². The summed E-state index contributed by atoms with van der Waals surface area (Å²) < 4.78 is 0. The van der Waals surface area contributed by atoms with Crippen LogP contribution in [-0.2, 0) is 41.6 Å². The number of hydrogen-bond acceptors (Lipinski definition) is 9. The van der Waals surface area contributed by atoms with Gasteiger partial charge < -0.3 is 42.5 Å². The van der Waals surface area contributed by atoms with E-state index in [1.54, 1.807) is 12.1 Å². The molecule has 4 aliphatic carbocycles. The average molecular weight is 765 g/mol. The van der Waals surface area contributed by atoms with Gasteiger partial charge in [0, 0.05) is 13.0 Å². The predicted octanol–water partition coefficient (Wildman–Crippen LogP) is 1.25. The number of carboxylic acids is 1. The third kappa shape index (κ3) is 10.7. The topological polar surface area (TPSA) is 229 Å². The molecule has 6 rings (SSSR count). The molecule has 2 aromatic rings. The summed E-state index contributed by atoms with van der Waals surface area (Å²) in [6.07, 6.45) is 7.35. The lowest BCUT2D eigenvalue weighted by Gasteiger charge is -2.60. The van der Waals surface area contributed by atoms with Crippen molar-refractivity contribution in [3.05, 3.63) is 65.7 Å². The summed E-state index contributed by atoms with van der Waals surface area (Å²) in [5.41, 5.74) is 6.47. The van der Waals surface area contributed by atoms with Crippen LogP contribution in [-0.4, -0.2) is 95.5 Å². The Hall–Kier alpha value is -4.63. The second-order valence-electron chi connectivity index (χ2n) is 15.4. The minimum atomic E-state index is -1.07. The van der Waals surface area contributed by atoms with E-state index in [1.807, 2.05) is 36.6 Å². The monoisotopic (exact) mass is 764 g/mol. The SMILES string of the molecule is CSCCC(NC(=O)[C@H](Cc1ccccc1)NC(=O)CNC(=O)CNC(=O)[C@@H](N)Cc1ccc(O)cc1)C(=O)NCC12C[C@H]3C[C@@H](C1)CC(C(=O)O)(C3)C2. The first-order valence-corrected chi connectivity index (χ1v) is 19.9. The number of phenols is 1. The van der Waals surface area contributed by atoms with Gasteiger partial charge in [0.15, 0.2) is 0 Å². The van der Waals surface area contributed by atoms with Gasteiger partial charge in [-0.3, -0.25) is 28.8 Å². The Kier molecular flexibility index (Phi) is 13.6. The van der Waals surface area contributed by atoms with E-state index in [0.717, 1.165) is 30.4 Å². The van der Waals surface area contributed by atoms with Gasteiger partial charge in [-0.25, -0.2) is 0 Å². The predicted molar refractivity (Wildman–Crippen MR) is 203 cm³/mol. The van der Waals surface area contributed by atoms with Crippen molar-refractivity contribution in [2.24, 2.45) is 28.4 Å². The van der Waals surface area contributed by atoms with Gasteiger partial charge in [-0.15, -0.1) is 0 Å². The van der Waals surface area contributed by atoms with Crippen molar-refractivity contribution in [3.8, 4) is 5.75 Å². The number of carbonyl (C=O) groups is 6. The highest BCUT2D eigenvalue weighted by atomic mass is 32.2. The van der Waals surface area contributed by atoms with Gasteiger partial charge in [-0.2, -0.15) is 11.8 Å². The van der Waals surface area contributed by atoms with Crippen LogP contribution >= 0.6 is 11.8 Å². The Morgan fingerprint density at radius 1 is 0.778 bits per heavy atom. The minimum absolute atomic E-state index is 0.0874. The summed E-state index contributed by atoms with van der Waals surface area (Å²) in [6, 6.07) is 12.4. The fraction of sp³-hybridized carbons (Fsp3) is 0.538. The fourth-order valence-corrected chi connectivity index (χ4v) is 9.38. The first-order chi connectivity index (χ1) is 25.8. The van der Waals surface area contributed by atoms with Gasteiger partial charge >= 0.3 is 5.97 Å². The maximum atomic E-state index is 13.8. The van der Waals surface area contributed by atoms with Crippen LogP contribution < -0.4 is 32.3 Å². The Balaban J connectivity index is 1.15. The van der Waals surface area contributed by atoms with Crippen molar-refractivity contribution >= 4 is 47.3 Å². The highest BCUT2D eigenvalue weighted by Gasteiger charge is 2.60. The molecule has 15 heteroatoms. The van der Waals surface area contributed by atoms with Gasteiger partial charge in [0.05, 0.1) is 24.5 Å². The zero-order valence-corrected chi connectivity index (χ0v) is 31.4. The van der Waals surface area contributed by atoms with Crippen LogP contribution in [0.1, 0.15) is 56.1 Å². The maximum Gasteiger partial charge on any atom is 0.309 e. The standard InChI is InChI=1S/C39H52N6O8S/c1-54-12-11-30(35(50)43-23-38-16-26-13-27(17-38)19-39(18-26,22-38)37(52)53)45-36(51)31(15-24-5-3-2-4-6-24)44-33(48)21-41-32(47)20-42-34(49)29(40)14-25-7-9-28(46)10-8-25/h2-10,26-27,29-31,46H,11-23,40H2,1H3,(H,41,47)(H,42,49)(H,43,50)(H,44,48)(H,45,51)(H,52,53)/t26-,27+,29-,30?,31-,38?,39?/m0/s1. The van der Waals surface area contributed by atoms with Crippen LogP contribution in [0.4, 0.5) is 0 Å². The van der Waals surface area contributed by atoms with Gasteiger partial charge in [-0.1, -0.05) is 42.5 Å². The molecule has 5 amide bonds. The molecule has 4 saturated carbocycles. The second-order valence-corrected chi connectivity index (χ2v) is 16.4. The first kappa shape index (κ1) is 40.6. The number of aliphatic carboxylic acids is 1. The highest BCUT2D eigenvalue weighted by Crippen LogP contribution is 2.65. The lowest BCUT2D eigenvalue weighted by molar-refractivity contribution is -0.174. The van der Waals surface area contributed by atoms with Crippen LogP contribution in [0.5, 0.6) is 5.75 Å². The highest BCUT2D eigenvalue weighted by molar-refractivity contribution is 7.98. The molecule has 0 saturated heterocycles. The Morgan fingerprint density at radius 2 is 1.43 bits per heavy atom. The number of aromatic hydroxyl groups is 1. The van der Waals surface area contributed by atoms with E-state index in [0.29, 0.717) is 49.8 Å². The minimum Gasteiger partial charge on any atom is -0.508 e. The fourth-order valence-electron chi connectivity index (χ4n) is 8.91. The number of thioether (sulfide) groups is 1. The van der Waals surface area contributed by atoms with Gasteiger partial charge in [0.2, 0.25) is 29.5 Å². The third-order valence-corrected chi connectivity index (χ3v) is 11.7. The first-order valence-electron chi connectivity index (χ1n) is 18.5. The third-order valence-electron chi connectivity index (χ3n) is 11.0. The molecule has 292 valence electrons. The Bertz CT molecular complexity index is 1660. The summed E-state index contributed by atoms with van der Waals surface area (Å²) in [6.45, 7) is -0.533. The van der Waals surface area contributed by atoms with Crippen molar-refractivity contribution in [3.63, 3.8) is 0 Å². The number of carbonyl (C=O) groups excluding carboxylic acids is 5. The number of rotatable bonds is 19. The number of carboxylic acid groups (broad SMARTS) is 1. The summed E-state index contributed by atoms with van der Waals surface area (Å²) in [4.78, 5) is 77.8. The molecule has 2 aromatic carbocycles. The van der Waals surface area contributed by atoms with Crippen LogP contribution in [0.3, 0.4) is 0 Å². The molecular weight excluding hydrogens is 713 g/mol. The lowest BCUT2D eigenvalue weighted by atomic mass is 9.44. The van der Waals surface area contributed by atoms with Crippen molar-refractivity contribution < 1.29 is 39.0 Å². The average Bonchev–Trinajstić information content (AvgIpc) is 3.14. The molecule has 14 nitrogen and oxygen atoms in total. The summed E-state index contributed by atoms with van der Waals surface area (Å²) in [5.74, 6) is -2.12. The van der Waals surface area contributed by atoms with E-state index in [4.69, 9.17) is 5.73 Å². The normalized spacial score (nSPS) is 24.0. The molecule has 3 unspecified atom stereocenters. The lowest BCUT2D eigenvalue weighted by Crippen LogP contribution is -2.59. The van der Waals surface area contributed by atoms with E-state index in [2.05, 4.69) is 26.6 Å². The van der Waals surface area contributed by atoms with E-state index in [-0.39, 0.29) is 29.9 Å². The molecule has 54 heavy (non-hydrogen) atoms. The zero-order valence-electron chi connectivity index (χ0n) is 30.6. The number of benzene rings is 2. The van der Waals surface area contributed by atoms with Crippen molar-refractivity contribution in [1.82, 2.24) is 26.6 Å². The number of nitrogens with one attached hydrogen (secondary N) is 5. The molecule has 4 fully saturated rings. The summed E-state index contributed by atoms with van der Waals surface area (Å²) >= 11 is 1.53. The number of nitrogens with two attached hydrogens (primary N) is 1. The van der Waals surface area contributed by atoms with Crippen LogP contribution in [0, 0.1) is 22.7 Å². The van der Waals surface area contributed by atoms with Crippen LogP contribution in [0.25, 0.3) is 0 Å². The summed E-state index contributed by atoms with van der Waals surface area (Å²) in [7, 11) is 0. The Morgan fingerprint density at radius 3 is 2.07 bits per heavy atom. The quantitative estimate of drug-likeness (QED) is 0.102. The number of phenolic OH excluding ortho intramolecular Hbond substituents is 1. The largest absolute Gasteiger partial charge is 0.508 e. The van der Waals surface area contributed by atoms with Crippen LogP contribution in [0.15, 0.2) is 54.6 Å². The van der Waals surface area contributed by atoms with Crippen molar-refractivity contribution in [2.75, 3.05) is 31.6 Å². The molecule has 0 radical (unpaired) electrons. The molecule has 0 aliphatic heterocycles. The Labute approximate surface area is 319 Å². The maximum absolute atomic E-state index is 13.8. The second kappa shape index (κ2) is 18.1.